The molecule has 1 N–H and O–H groups in total. The van der Waals surface area contributed by atoms with Crippen LogP contribution in [0.5, 0.6) is 0 Å². The van der Waals surface area contributed by atoms with Crippen LogP contribution < -0.4 is 5.32 Å². The average Bonchev–Trinajstić information content (AvgIpc) is 2.16. The topological polar surface area (TPSA) is 42.0 Å². The molecule has 3 nitrogen and oxygen atoms in total. The van der Waals surface area contributed by atoms with E-state index >= 15 is 0 Å². The van der Waals surface area contributed by atoms with Gasteiger partial charge in [0.2, 0.25) is 0 Å². The number of halogens is 3. The molecule has 0 radical (unpaired) electrons. The lowest BCUT2D eigenvalue weighted by atomic mass is 10.0. The van der Waals surface area contributed by atoms with Crippen molar-refractivity contribution in [3.05, 3.63) is 29.1 Å². The molecule has 1 amide bonds. The van der Waals surface area contributed by atoms with Crippen molar-refractivity contribution in [2.75, 3.05) is 6.54 Å². The molecular weight excluding hydrogens is 209 g/mol. The summed E-state index contributed by atoms with van der Waals surface area (Å²) in [5, 5.41) is 2.48. The SMILES string of the molecule is O=C1NCCc2cnc(C(F)(F)F)cc21. The molecular formula is C9H7F3N2O. The molecule has 80 valence electrons. The van der Waals surface area contributed by atoms with Gasteiger partial charge in [0, 0.05) is 18.3 Å². The van der Waals surface area contributed by atoms with Gasteiger partial charge < -0.3 is 5.32 Å². The zero-order chi connectivity index (χ0) is 11.1. The van der Waals surface area contributed by atoms with Gasteiger partial charge in [0.05, 0.1) is 0 Å². The normalized spacial score (nSPS) is 15.8. The number of alkyl halides is 3. The minimum absolute atomic E-state index is 0.0728. The highest BCUT2D eigenvalue weighted by Gasteiger charge is 2.34. The molecule has 0 aliphatic carbocycles. The Bertz CT molecular complexity index is 414. The van der Waals surface area contributed by atoms with Crippen LogP contribution in [0.3, 0.4) is 0 Å². The van der Waals surface area contributed by atoms with Gasteiger partial charge in [-0.2, -0.15) is 13.2 Å². The molecule has 1 aromatic rings. The van der Waals surface area contributed by atoms with Crippen LogP contribution in [0.1, 0.15) is 21.6 Å². The molecule has 0 bridgehead atoms. The predicted molar refractivity (Wildman–Crippen MR) is 45.3 cm³/mol. The lowest BCUT2D eigenvalue weighted by Crippen LogP contribution is -2.32. The third kappa shape index (κ3) is 1.79. The first-order chi connectivity index (χ1) is 6.98. The molecule has 0 aromatic carbocycles. The number of nitrogens with zero attached hydrogens (tertiary/aromatic N) is 1. The first-order valence-corrected chi connectivity index (χ1v) is 4.33. The number of fused-ring (bicyclic) bond motifs is 1. The van der Waals surface area contributed by atoms with Crippen LogP contribution in [-0.2, 0) is 12.6 Å². The Balaban J connectivity index is 2.49. The first-order valence-electron chi connectivity index (χ1n) is 4.33. The second kappa shape index (κ2) is 3.22. The number of hydrogen-bond acceptors (Lipinski definition) is 2. The summed E-state index contributed by atoms with van der Waals surface area (Å²) in [5.74, 6) is -0.468. The number of carbonyl (C=O) groups excluding carboxylic acids is 1. The molecule has 0 atom stereocenters. The van der Waals surface area contributed by atoms with E-state index in [1.165, 1.54) is 0 Å². The van der Waals surface area contributed by atoms with Crippen LogP contribution in [0.2, 0.25) is 0 Å². The third-order valence-corrected chi connectivity index (χ3v) is 2.20. The summed E-state index contributed by atoms with van der Waals surface area (Å²) < 4.78 is 36.9. The molecule has 1 aliphatic heterocycles. The van der Waals surface area contributed by atoms with E-state index < -0.39 is 17.8 Å². The Morgan fingerprint density at radius 1 is 1.40 bits per heavy atom. The monoisotopic (exact) mass is 216 g/mol. The first kappa shape index (κ1) is 9.95. The zero-order valence-electron chi connectivity index (χ0n) is 7.56. The van der Waals surface area contributed by atoms with Crippen LogP contribution in [0.15, 0.2) is 12.3 Å². The smallest absolute Gasteiger partial charge is 0.352 e. The summed E-state index contributed by atoms with van der Waals surface area (Å²) in [6, 6.07) is 0.795. The van der Waals surface area contributed by atoms with Gasteiger partial charge in [-0.3, -0.25) is 9.78 Å². The molecule has 2 rings (SSSR count). The van der Waals surface area contributed by atoms with Crippen LogP contribution in [0.4, 0.5) is 13.2 Å². The summed E-state index contributed by atoms with van der Waals surface area (Å²) in [4.78, 5) is 14.6. The minimum Gasteiger partial charge on any atom is -0.352 e. The fraction of sp³-hybridized carbons (Fsp3) is 0.333. The molecule has 0 spiro atoms. The Hall–Kier alpha value is -1.59. The van der Waals surface area contributed by atoms with Crippen molar-refractivity contribution in [3.63, 3.8) is 0 Å². The summed E-state index contributed by atoms with van der Waals surface area (Å²) in [7, 11) is 0. The lowest BCUT2D eigenvalue weighted by molar-refractivity contribution is -0.141. The van der Waals surface area contributed by atoms with Crippen LogP contribution in [0, 0.1) is 0 Å². The van der Waals surface area contributed by atoms with E-state index in [9.17, 15) is 18.0 Å². The standard InChI is InChI=1S/C9H7F3N2O/c10-9(11,12)7-3-6-5(4-14-7)1-2-13-8(6)15/h3-4H,1-2H2,(H,13,15). The Labute approximate surface area is 83.3 Å². The van der Waals surface area contributed by atoms with E-state index in [1.807, 2.05) is 0 Å². The Morgan fingerprint density at radius 2 is 2.13 bits per heavy atom. The number of pyridine rings is 1. The fourth-order valence-corrected chi connectivity index (χ4v) is 1.46. The van der Waals surface area contributed by atoms with Crippen LogP contribution in [-0.4, -0.2) is 17.4 Å². The second-order valence-electron chi connectivity index (χ2n) is 3.23. The highest BCUT2D eigenvalue weighted by atomic mass is 19.4. The highest BCUT2D eigenvalue weighted by molar-refractivity contribution is 5.96. The van der Waals surface area contributed by atoms with Gasteiger partial charge in [-0.05, 0) is 18.1 Å². The fourth-order valence-electron chi connectivity index (χ4n) is 1.46. The molecule has 0 saturated carbocycles. The van der Waals surface area contributed by atoms with E-state index in [2.05, 4.69) is 10.3 Å². The molecule has 0 unspecified atom stereocenters. The molecule has 1 aliphatic rings. The molecule has 2 heterocycles. The van der Waals surface area contributed by atoms with Gasteiger partial charge >= 0.3 is 6.18 Å². The van der Waals surface area contributed by atoms with Crippen molar-refractivity contribution >= 4 is 5.91 Å². The van der Waals surface area contributed by atoms with E-state index in [-0.39, 0.29) is 5.56 Å². The maximum Gasteiger partial charge on any atom is 0.433 e. The van der Waals surface area contributed by atoms with Gasteiger partial charge in [-0.25, -0.2) is 0 Å². The third-order valence-electron chi connectivity index (χ3n) is 2.20. The van der Waals surface area contributed by atoms with Gasteiger partial charge in [0.25, 0.3) is 5.91 Å². The van der Waals surface area contributed by atoms with Crippen LogP contribution in [0.25, 0.3) is 0 Å². The average molecular weight is 216 g/mol. The van der Waals surface area contributed by atoms with E-state index in [0.29, 0.717) is 18.5 Å². The second-order valence-corrected chi connectivity index (χ2v) is 3.23. The minimum atomic E-state index is -4.51. The van der Waals surface area contributed by atoms with Crippen molar-refractivity contribution in [3.8, 4) is 0 Å². The van der Waals surface area contributed by atoms with Crippen LogP contribution >= 0.6 is 0 Å². The van der Waals surface area contributed by atoms with Crippen molar-refractivity contribution < 1.29 is 18.0 Å². The quantitative estimate of drug-likeness (QED) is 0.712. The number of rotatable bonds is 0. The van der Waals surface area contributed by atoms with E-state index in [1.54, 1.807) is 0 Å². The lowest BCUT2D eigenvalue weighted by Gasteiger charge is -2.17. The summed E-state index contributed by atoms with van der Waals surface area (Å²) in [6.07, 6.45) is -2.87. The zero-order valence-corrected chi connectivity index (χ0v) is 7.56. The maximum absolute atomic E-state index is 12.3. The number of nitrogens with one attached hydrogen (secondary N) is 1. The van der Waals surface area contributed by atoms with E-state index in [0.717, 1.165) is 12.3 Å². The summed E-state index contributed by atoms with van der Waals surface area (Å²) in [6.45, 7) is 0.443. The molecule has 1 aromatic heterocycles. The van der Waals surface area contributed by atoms with Gasteiger partial charge in [0.15, 0.2) is 0 Å². The van der Waals surface area contributed by atoms with Crippen molar-refractivity contribution in [1.29, 1.82) is 0 Å². The van der Waals surface area contributed by atoms with Crippen molar-refractivity contribution in [1.82, 2.24) is 10.3 Å². The summed E-state index contributed by atoms with van der Waals surface area (Å²) >= 11 is 0. The van der Waals surface area contributed by atoms with Gasteiger partial charge in [-0.15, -0.1) is 0 Å². The largest absolute Gasteiger partial charge is 0.433 e. The van der Waals surface area contributed by atoms with E-state index in [4.69, 9.17) is 0 Å². The number of amides is 1. The Kier molecular flexibility index (Phi) is 2.13. The van der Waals surface area contributed by atoms with Crippen molar-refractivity contribution in [2.24, 2.45) is 0 Å². The number of aromatic nitrogens is 1. The highest BCUT2D eigenvalue weighted by Crippen LogP contribution is 2.29. The predicted octanol–water partition coefficient (Wildman–Crippen LogP) is 1.39. The van der Waals surface area contributed by atoms with Gasteiger partial charge in [0.1, 0.15) is 5.69 Å². The number of carbonyl (C=O) groups is 1. The number of hydrogen-bond donors (Lipinski definition) is 1. The molecule has 0 fully saturated rings. The summed E-state index contributed by atoms with van der Waals surface area (Å²) in [5.41, 5.74) is -0.395. The molecule has 0 saturated heterocycles. The maximum atomic E-state index is 12.3. The molecule has 6 heteroatoms. The van der Waals surface area contributed by atoms with Gasteiger partial charge in [-0.1, -0.05) is 0 Å². The Morgan fingerprint density at radius 3 is 2.80 bits per heavy atom. The van der Waals surface area contributed by atoms with Crippen molar-refractivity contribution in [2.45, 2.75) is 12.6 Å². The molecule has 15 heavy (non-hydrogen) atoms.